The fraction of sp³-hybridized carbons (Fsp3) is 0.643. The number of aliphatic hydroxyl groups is 1. The molecule has 5 nitrogen and oxygen atoms in total. The van der Waals surface area contributed by atoms with Gasteiger partial charge < -0.3 is 15.2 Å². The fourth-order valence-electron chi connectivity index (χ4n) is 2.47. The molecule has 2 rings (SSSR count). The van der Waals surface area contributed by atoms with Gasteiger partial charge in [-0.05, 0) is 25.3 Å². The molecule has 3 atom stereocenters. The van der Waals surface area contributed by atoms with E-state index in [0.717, 1.165) is 11.4 Å². The summed E-state index contributed by atoms with van der Waals surface area (Å²) in [6.45, 7) is 5.61. The van der Waals surface area contributed by atoms with Crippen LogP contribution >= 0.6 is 11.3 Å². The number of aliphatic hydroxyl groups excluding tert-OH is 1. The van der Waals surface area contributed by atoms with Gasteiger partial charge in [-0.3, -0.25) is 9.69 Å². The van der Waals surface area contributed by atoms with Crippen molar-refractivity contribution in [3.8, 4) is 0 Å². The number of amides is 1. The van der Waals surface area contributed by atoms with E-state index in [1.807, 2.05) is 36.3 Å². The molecule has 0 bridgehead atoms. The van der Waals surface area contributed by atoms with E-state index in [1.165, 1.54) is 0 Å². The molecule has 2 N–H and O–H groups in total. The van der Waals surface area contributed by atoms with Crippen LogP contribution in [0.5, 0.6) is 0 Å². The third kappa shape index (κ3) is 4.28. The first kappa shape index (κ1) is 15.4. The van der Waals surface area contributed by atoms with Crippen molar-refractivity contribution < 1.29 is 14.6 Å². The second kappa shape index (κ2) is 7.17. The summed E-state index contributed by atoms with van der Waals surface area (Å²) in [6.07, 6.45) is -0.148. The van der Waals surface area contributed by atoms with Crippen LogP contribution < -0.4 is 5.32 Å². The van der Waals surface area contributed by atoms with Crippen molar-refractivity contribution in [3.05, 3.63) is 22.4 Å². The lowest BCUT2D eigenvalue weighted by atomic mass is 10.2. The smallest absolute Gasteiger partial charge is 0.234 e. The zero-order valence-electron chi connectivity index (χ0n) is 11.9. The summed E-state index contributed by atoms with van der Waals surface area (Å²) in [7, 11) is 0. The summed E-state index contributed by atoms with van der Waals surface area (Å²) in [5, 5.41) is 14.2. The Hall–Kier alpha value is -0.950. The highest BCUT2D eigenvalue weighted by Gasteiger charge is 2.26. The summed E-state index contributed by atoms with van der Waals surface area (Å²) in [6, 6.07) is 4.04. The Bertz CT molecular complexity index is 424. The third-order valence-corrected chi connectivity index (χ3v) is 4.38. The fourth-order valence-corrected chi connectivity index (χ4v) is 3.20. The highest BCUT2D eigenvalue weighted by Crippen LogP contribution is 2.18. The number of carbonyl (C=O) groups excluding carboxylic acids is 1. The van der Waals surface area contributed by atoms with E-state index in [1.54, 1.807) is 11.3 Å². The number of nitrogens with zero attached hydrogens (tertiary/aromatic N) is 1. The maximum absolute atomic E-state index is 12.1. The molecule has 0 aliphatic carbocycles. The highest BCUT2D eigenvalue weighted by molar-refractivity contribution is 7.10. The largest absolute Gasteiger partial charge is 0.394 e. The second-order valence-corrected chi connectivity index (χ2v) is 6.23. The minimum atomic E-state index is -0.193. The molecule has 0 aromatic carbocycles. The third-order valence-electron chi connectivity index (χ3n) is 3.32. The monoisotopic (exact) mass is 298 g/mol. The number of nitrogens with one attached hydrogen (secondary N) is 1. The van der Waals surface area contributed by atoms with Crippen molar-refractivity contribution in [3.63, 3.8) is 0 Å². The first-order valence-electron chi connectivity index (χ1n) is 6.90. The molecule has 1 aliphatic heterocycles. The molecule has 1 aromatic heterocycles. The van der Waals surface area contributed by atoms with Crippen LogP contribution in [0.4, 0.5) is 0 Å². The Morgan fingerprint density at radius 2 is 2.45 bits per heavy atom. The van der Waals surface area contributed by atoms with Gasteiger partial charge in [0, 0.05) is 18.0 Å². The van der Waals surface area contributed by atoms with Gasteiger partial charge in [0.1, 0.15) is 0 Å². The first-order valence-corrected chi connectivity index (χ1v) is 7.78. The molecule has 2 heterocycles. The van der Waals surface area contributed by atoms with Crippen molar-refractivity contribution in [2.24, 2.45) is 0 Å². The predicted octanol–water partition coefficient (Wildman–Crippen LogP) is 1.01. The summed E-state index contributed by atoms with van der Waals surface area (Å²) in [5.74, 6) is 0.0108. The number of carbonyl (C=O) groups is 1. The Balaban J connectivity index is 1.82. The summed E-state index contributed by atoms with van der Waals surface area (Å²) in [4.78, 5) is 15.3. The lowest BCUT2D eigenvalue weighted by Gasteiger charge is -2.35. The Labute approximate surface area is 123 Å². The average Bonchev–Trinajstić information content (AvgIpc) is 2.91. The van der Waals surface area contributed by atoms with Gasteiger partial charge in [-0.1, -0.05) is 6.07 Å². The number of rotatable bonds is 5. The lowest BCUT2D eigenvalue weighted by Crippen LogP contribution is -2.51. The van der Waals surface area contributed by atoms with Crippen molar-refractivity contribution in [2.45, 2.75) is 32.1 Å². The van der Waals surface area contributed by atoms with Crippen LogP contribution in [0.15, 0.2) is 17.5 Å². The summed E-state index contributed by atoms with van der Waals surface area (Å²) >= 11 is 1.64. The Kier molecular flexibility index (Phi) is 5.54. The standard InChI is InChI=1S/C14H22N2O3S/c1-10-6-16(7-12(9-17)19-10)8-14(18)15-11(2)13-4-3-5-20-13/h3-5,10-12,17H,6-9H2,1-2H3,(H,15,18). The van der Waals surface area contributed by atoms with Gasteiger partial charge in [-0.15, -0.1) is 11.3 Å². The quantitative estimate of drug-likeness (QED) is 0.851. The zero-order chi connectivity index (χ0) is 14.5. The van der Waals surface area contributed by atoms with Gasteiger partial charge in [-0.25, -0.2) is 0 Å². The molecule has 1 amide bonds. The van der Waals surface area contributed by atoms with Crippen LogP contribution in [0.1, 0.15) is 24.8 Å². The molecule has 6 heteroatoms. The second-order valence-electron chi connectivity index (χ2n) is 5.25. The van der Waals surface area contributed by atoms with E-state index in [-0.39, 0.29) is 30.8 Å². The van der Waals surface area contributed by atoms with Gasteiger partial charge in [0.2, 0.25) is 5.91 Å². The zero-order valence-corrected chi connectivity index (χ0v) is 12.7. The molecule has 0 radical (unpaired) electrons. The Morgan fingerprint density at radius 1 is 1.65 bits per heavy atom. The summed E-state index contributed by atoms with van der Waals surface area (Å²) < 4.78 is 5.57. The number of ether oxygens (including phenoxy) is 1. The molecular formula is C14H22N2O3S. The average molecular weight is 298 g/mol. The van der Waals surface area contributed by atoms with Crippen molar-refractivity contribution in [2.75, 3.05) is 26.2 Å². The molecule has 0 spiro atoms. The van der Waals surface area contributed by atoms with Gasteiger partial charge >= 0.3 is 0 Å². The first-order chi connectivity index (χ1) is 9.58. The molecule has 1 aliphatic rings. The maximum Gasteiger partial charge on any atom is 0.234 e. The molecule has 1 fully saturated rings. The topological polar surface area (TPSA) is 61.8 Å². The van der Waals surface area contributed by atoms with Crippen molar-refractivity contribution >= 4 is 17.2 Å². The van der Waals surface area contributed by atoms with E-state index in [0.29, 0.717) is 13.1 Å². The van der Waals surface area contributed by atoms with Crippen molar-refractivity contribution in [1.82, 2.24) is 10.2 Å². The number of thiophene rings is 1. The molecule has 1 aromatic rings. The van der Waals surface area contributed by atoms with E-state index in [2.05, 4.69) is 5.32 Å². The normalized spacial score (nSPS) is 25.4. The SMILES string of the molecule is CC1CN(CC(=O)NC(C)c2cccs2)CC(CO)O1. The van der Waals surface area contributed by atoms with Crippen LogP contribution in [0.3, 0.4) is 0 Å². The predicted molar refractivity (Wildman–Crippen MR) is 78.7 cm³/mol. The van der Waals surface area contributed by atoms with Crippen molar-refractivity contribution in [1.29, 1.82) is 0 Å². The van der Waals surface area contributed by atoms with Crippen LogP contribution in [-0.4, -0.2) is 54.4 Å². The van der Waals surface area contributed by atoms with Crippen LogP contribution in [0.2, 0.25) is 0 Å². The van der Waals surface area contributed by atoms with Crippen LogP contribution in [0, 0.1) is 0 Å². The molecular weight excluding hydrogens is 276 g/mol. The molecule has 3 unspecified atom stereocenters. The van der Waals surface area contributed by atoms with Gasteiger partial charge in [0.05, 0.1) is 31.4 Å². The minimum Gasteiger partial charge on any atom is -0.394 e. The number of hydrogen-bond donors (Lipinski definition) is 2. The van der Waals surface area contributed by atoms with Gasteiger partial charge in [0.25, 0.3) is 0 Å². The number of morpholine rings is 1. The lowest BCUT2D eigenvalue weighted by molar-refractivity contribution is -0.129. The maximum atomic E-state index is 12.1. The molecule has 0 saturated carbocycles. The molecule has 20 heavy (non-hydrogen) atoms. The highest BCUT2D eigenvalue weighted by atomic mass is 32.1. The van der Waals surface area contributed by atoms with E-state index in [4.69, 9.17) is 4.74 Å². The van der Waals surface area contributed by atoms with Gasteiger partial charge in [-0.2, -0.15) is 0 Å². The minimum absolute atomic E-state index is 0.00590. The van der Waals surface area contributed by atoms with E-state index < -0.39 is 0 Å². The van der Waals surface area contributed by atoms with E-state index in [9.17, 15) is 9.90 Å². The van der Waals surface area contributed by atoms with Gasteiger partial charge in [0.15, 0.2) is 0 Å². The summed E-state index contributed by atoms with van der Waals surface area (Å²) in [5.41, 5.74) is 0. The van der Waals surface area contributed by atoms with E-state index >= 15 is 0 Å². The van der Waals surface area contributed by atoms with Crippen LogP contribution in [0.25, 0.3) is 0 Å². The Morgan fingerprint density at radius 3 is 3.10 bits per heavy atom. The molecule has 112 valence electrons. The van der Waals surface area contributed by atoms with Crippen LogP contribution in [-0.2, 0) is 9.53 Å². The number of hydrogen-bond acceptors (Lipinski definition) is 5. The molecule has 1 saturated heterocycles.